The molecule has 1 aromatic carbocycles. The van der Waals surface area contributed by atoms with Crippen LogP contribution in [0.5, 0.6) is 0 Å². The lowest BCUT2D eigenvalue weighted by Crippen LogP contribution is -2.52. The van der Waals surface area contributed by atoms with Gasteiger partial charge in [-0.3, -0.25) is 19.1 Å². The van der Waals surface area contributed by atoms with Crippen LogP contribution in [0.4, 0.5) is 5.69 Å². The molecule has 2 saturated heterocycles. The fourth-order valence-corrected chi connectivity index (χ4v) is 4.45. The molecule has 7 nitrogen and oxygen atoms in total. The predicted octanol–water partition coefficient (Wildman–Crippen LogP) is 2.11. The number of amides is 1. The molecular formula is C22H31N5O2. The molecule has 1 unspecified atom stereocenters. The highest BCUT2D eigenvalue weighted by atomic mass is 16.2. The average molecular weight is 398 g/mol. The molecule has 3 heterocycles. The lowest BCUT2D eigenvalue weighted by molar-refractivity contribution is -0.135. The van der Waals surface area contributed by atoms with Gasteiger partial charge in [-0.2, -0.15) is 0 Å². The van der Waals surface area contributed by atoms with Crippen molar-refractivity contribution in [2.45, 2.75) is 45.2 Å². The van der Waals surface area contributed by atoms with Crippen molar-refractivity contribution in [3.05, 3.63) is 34.9 Å². The van der Waals surface area contributed by atoms with E-state index in [1.807, 2.05) is 44.0 Å². The molecule has 2 aliphatic rings. The number of piperidine rings is 1. The van der Waals surface area contributed by atoms with Crippen molar-refractivity contribution in [1.29, 1.82) is 0 Å². The molecule has 2 fully saturated rings. The van der Waals surface area contributed by atoms with E-state index in [1.54, 1.807) is 10.9 Å². The Labute approximate surface area is 171 Å². The fourth-order valence-electron chi connectivity index (χ4n) is 4.45. The molecule has 0 spiro atoms. The number of benzene rings is 1. The van der Waals surface area contributed by atoms with Gasteiger partial charge in [-0.15, -0.1) is 0 Å². The molecule has 29 heavy (non-hydrogen) atoms. The number of carbonyl (C=O) groups is 1. The van der Waals surface area contributed by atoms with E-state index in [-0.39, 0.29) is 17.5 Å². The SMILES string of the molecule is CC(C)n1cnc2cc(N3CCN(CC4CCCC(=O)N4C)CC3)ccc2c1=O. The summed E-state index contributed by atoms with van der Waals surface area (Å²) in [7, 11) is 1.94. The van der Waals surface area contributed by atoms with Crippen molar-refractivity contribution >= 4 is 22.5 Å². The Hall–Kier alpha value is -2.41. The Morgan fingerprint density at radius 2 is 1.90 bits per heavy atom. The van der Waals surface area contributed by atoms with Crippen molar-refractivity contribution in [2.75, 3.05) is 44.7 Å². The van der Waals surface area contributed by atoms with Crippen LogP contribution in [0.3, 0.4) is 0 Å². The van der Waals surface area contributed by atoms with Gasteiger partial charge >= 0.3 is 0 Å². The molecule has 0 N–H and O–H groups in total. The van der Waals surface area contributed by atoms with Crippen LogP contribution >= 0.6 is 0 Å². The second-order valence-corrected chi connectivity index (χ2v) is 8.59. The third kappa shape index (κ3) is 4.01. The average Bonchev–Trinajstić information content (AvgIpc) is 2.72. The quantitative estimate of drug-likeness (QED) is 0.791. The van der Waals surface area contributed by atoms with Crippen molar-refractivity contribution in [1.82, 2.24) is 19.4 Å². The number of hydrogen-bond acceptors (Lipinski definition) is 5. The zero-order chi connectivity index (χ0) is 20.5. The summed E-state index contributed by atoms with van der Waals surface area (Å²) >= 11 is 0. The molecule has 1 atom stereocenters. The Morgan fingerprint density at radius 1 is 1.14 bits per heavy atom. The van der Waals surface area contributed by atoms with Gasteiger partial charge in [-0.1, -0.05) is 0 Å². The van der Waals surface area contributed by atoms with Gasteiger partial charge in [0.1, 0.15) is 0 Å². The van der Waals surface area contributed by atoms with E-state index in [4.69, 9.17) is 0 Å². The smallest absolute Gasteiger partial charge is 0.261 e. The number of aromatic nitrogens is 2. The second-order valence-electron chi connectivity index (χ2n) is 8.59. The Bertz CT molecular complexity index is 946. The summed E-state index contributed by atoms with van der Waals surface area (Å²) in [4.78, 5) is 35.8. The third-order valence-electron chi connectivity index (χ3n) is 6.40. The fraction of sp³-hybridized carbons (Fsp3) is 0.591. The first-order valence-corrected chi connectivity index (χ1v) is 10.7. The van der Waals surface area contributed by atoms with Crippen molar-refractivity contribution < 1.29 is 4.79 Å². The Balaban J connectivity index is 1.42. The normalized spacial score (nSPS) is 21.4. The van der Waals surface area contributed by atoms with Gasteiger partial charge < -0.3 is 9.80 Å². The minimum Gasteiger partial charge on any atom is -0.369 e. The monoisotopic (exact) mass is 397 g/mol. The van der Waals surface area contributed by atoms with Gasteiger partial charge in [0, 0.05) is 64.0 Å². The lowest BCUT2D eigenvalue weighted by atomic mass is 10.0. The minimum atomic E-state index is 0.0209. The number of fused-ring (bicyclic) bond motifs is 1. The molecule has 0 aliphatic carbocycles. The zero-order valence-corrected chi connectivity index (χ0v) is 17.7. The number of rotatable bonds is 4. The van der Waals surface area contributed by atoms with E-state index >= 15 is 0 Å². The molecule has 0 bridgehead atoms. The number of likely N-dealkylation sites (N-methyl/N-ethyl adjacent to an activating group) is 1. The van der Waals surface area contributed by atoms with Crippen LogP contribution in [0.15, 0.2) is 29.3 Å². The predicted molar refractivity (Wildman–Crippen MR) is 115 cm³/mol. The number of carbonyl (C=O) groups excluding carboxylic acids is 1. The highest BCUT2D eigenvalue weighted by Crippen LogP contribution is 2.22. The Kier molecular flexibility index (Phi) is 5.58. The summed E-state index contributed by atoms with van der Waals surface area (Å²) < 4.78 is 1.67. The van der Waals surface area contributed by atoms with E-state index in [2.05, 4.69) is 14.8 Å². The summed E-state index contributed by atoms with van der Waals surface area (Å²) in [5, 5.41) is 0.675. The first kappa shape index (κ1) is 19.9. The first-order chi connectivity index (χ1) is 13.9. The number of nitrogens with zero attached hydrogens (tertiary/aromatic N) is 5. The number of anilines is 1. The molecule has 2 aromatic rings. The summed E-state index contributed by atoms with van der Waals surface area (Å²) in [5.74, 6) is 0.278. The molecular weight excluding hydrogens is 366 g/mol. The molecule has 4 rings (SSSR count). The number of hydrogen-bond donors (Lipinski definition) is 0. The highest BCUT2D eigenvalue weighted by molar-refractivity contribution is 5.81. The van der Waals surface area contributed by atoms with Crippen LogP contribution in [-0.2, 0) is 4.79 Å². The van der Waals surface area contributed by atoms with Crippen LogP contribution in [-0.4, -0.2) is 71.1 Å². The first-order valence-electron chi connectivity index (χ1n) is 10.7. The molecule has 156 valence electrons. The minimum absolute atomic E-state index is 0.0209. The van der Waals surface area contributed by atoms with Gasteiger partial charge in [0.15, 0.2) is 0 Å². The van der Waals surface area contributed by atoms with Crippen LogP contribution < -0.4 is 10.5 Å². The summed E-state index contributed by atoms with van der Waals surface area (Å²) in [5.41, 5.74) is 1.90. The van der Waals surface area contributed by atoms with Crippen LogP contribution in [0.1, 0.15) is 39.2 Å². The van der Waals surface area contributed by atoms with E-state index < -0.39 is 0 Å². The molecule has 1 amide bonds. The molecule has 7 heteroatoms. The topological polar surface area (TPSA) is 61.7 Å². The lowest BCUT2D eigenvalue weighted by Gasteiger charge is -2.40. The number of piperazine rings is 1. The van der Waals surface area contributed by atoms with E-state index in [0.29, 0.717) is 17.8 Å². The van der Waals surface area contributed by atoms with Crippen molar-refractivity contribution in [2.24, 2.45) is 0 Å². The van der Waals surface area contributed by atoms with E-state index in [0.717, 1.165) is 56.8 Å². The summed E-state index contributed by atoms with van der Waals surface area (Å²) in [6, 6.07) is 6.43. The van der Waals surface area contributed by atoms with Crippen LogP contribution in [0, 0.1) is 0 Å². The van der Waals surface area contributed by atoms with Gasteiger partial charge in [0.2, 0.25) is 5.91 Å². The second kappa shape index (κ2) is 8.14. The highest BCUT2D eigenvalue weighted by Gasteiger charge is 2.28. The summed E-state index contributed by atoms with van der Waals surface area (Å²) in [6.07, 6.45) is 4.46. The van der Waals surface area contributed by atoms with Crippen molar-refractivity contribution in [3.63, 3.8) is 0 Å². The molecule has 0 radical (unpaired) electrons. The summed E-state index contributed by atoms with van der Waals surface area (Å²) in [6.45, 7) is 8.80. The van der Waals surface area contributed by atoms with Gasteiger partial charge in [-0.05, 0) is 44.9 Å². The van der Waals surface area contributed by atoms with E-state index in [1.165, 1.54) is 0 Å². The standard InChI is InChI=1S/C22H31N5O2/c1-16(2)27-15-23-20-13-17(7-8-19(20)22(27)29)26-11-9-25(10-12-26)14-18-5-4-6-21(28)24(18)3/h7-8,13,15-16,18H,4-6,9-12,14H2,1-3H3. The molecule has 0 saturated carbocycles. The van der Waals surface area contributed by atoms with Gasteiger partial charge in [0.25, 0.3) is 5.56 Å². The third-order valence-corrected chi connectivity index (χ3v) is 6.40. The van der Waals surface area contributed by atoms with Gasteiger partial charge in [-0.25, -0.2) is 4.98 Å². The number of likely N-dealkylation sites (tertiary alicyclic amines) is 1. The Morgan fingerprint density at radius 3 is 2.62 bits per heavy atom. The van der Waals surface area contributed by atoms with Crippen molar-refractivity contribution in [3.8, 4) is 0 Å². The van der Waals surface area contributed by atoms with Gasteiger partial charge in [0.05, 0.1) is 17.2 Å². The maximum atomic E-state index is 12.6. The van der Waals surface area contributed by atoms with E-state index in [9.17, 15) is 9.59 Å². The van der Waals surface area contributed by atoms with Crippen LogP contribution in [0.25, 0.3) is 10.9 Å². The zero-order valence-electron chi connectivity index (χ0n) is 17.7. The van der Waals surface area contributed by atoms with Crippen LogP contribution in [0.2, 0.25) is 0 Å². The largest absolute Gasteiger partial charge is 0.369 e. The maximum Gasteiger partial charge on any atom is 0.261 e. The molecule has 1 aromatic heterocycles. The maximum absolute atomic E-state index is 12.6. The molecule has 2 aliphatic heterocycles.